The molecule has 122 valence electrons. The average Bonchev–Trinajstić information content (AvgIpc) is 3.15. The van der Waals surface area contributed by atoms with Crippen LogP contribution in [-0.2, 0) is 0 Å². The van der Waals surface area contributed by atoms with E-state index in [-0.39, 0.29) is 6.10 Å². The number of aliphatic hydroxyl groups is 1. The predicted molar refractivity (Wildman–Crippen MR) is 97.3 cm³/mol. The van der Waals surface area contributed by atoms with E-state index in [0.717, 1.165) is 10.9 Å². The molecule has 2 aromatic carbocycles. The molecule has 1 saturated heterocycles. The molecule has 0 bridgehead atoms. The van der Waals surface area contributed by atoms with Crippen molar-refractivity contribution in [1.82, 2.24) is 4.90 Å². The van der Waals surface area contributed by atoms with Gasteiger partial charge in [0.25, 0.3) is 0 Å². The first-order valence-electron chi connectivity index (χ1n) is 8.44. The summed E-state index contributed by atoms with van der Waals surface area (Å²) in [5.41, 5.74) is 2.48. The summed E-state index contributed by atoms with van der Waals surface area (Å²) >= 11 is 0.292. The van der Waals surface area contributed by atoms with Gasteiger partial charge in [0.1, 0.15) is 0 Å². The van der Waals surface area contributed by atoms with Gasteiger partial charge in [-0.1, -0.05) is 0 Å². The van der Waals surface area contributed by atoms with Gasteiger partial charge in [0.2, 0.25) is 0 Å². The van der Waals surface area contributed by atoms with E-state index < -0.39 is 0 Å². The molecular formula is C20H25NOSe. The first-order valence-corrected chi connectivity index (χ1v) is 10.5. The normalized spacial score (nSPS) is 18.0. The van der Waals surface area contributed by atoms with Crippen LogP contribution in [0, 0.1) is 0 Å². The van der Waals surface area contributed by atoms with Crippen molar-refractivity contribution in [2.24, 2.45) is 0 Å². The Labute approximate surface area is 145 Å². The van der Waals surface area contributed by atoms with Crippen molar-refractivity contribution in [3.05, 3.63) is 65.7 Å². The SMILES string of the molecule is C[C@@H](c1ccccc1[Se]C[C@H](O)c1ccccc1)N1CCCC1. The first-order chi connectivity index (χ1) is 11.3. The van der Waals surface area contributed by atoms with E-state index >= 15 is 0 Å². The second-order valence-corrected chi connectivity index (χ2v) is 8.42. The van der Waals surface area contributed by atoms with E-state index in [9.17, 15) is 5.11 Å². The molecule has 3 heteroatoms. The van der Waals surface area contributed by atoms with Gasteiger partial charge in [0, 0.05) is 0 Å². The van der Waals surface area contributed by atoms with Crippen LogP contribution in [-0.4, -0.2) is 38.1 Å². The fourth-order valence-corrected chi connectivity index (χ4v) is 5.55. The Bertz CT molecular complexity index is 610. The minimum atomic E-state index is -0.355. The zero-order valence-electron chi connectivity index (χ0n) is 13.7. The van der Waals surface area contributed by atoms with Gasteiger partial charge in [-0.15, -0.1) is 0 Å². The van der Waals surface area contributed by atoms with Crippen LogP contribution in [0.1, 0.15) is 43.0 Å². The van der Waals surface area contributed by atoms with Gasteiger partial charge in [-0.05, 0) is 0 Å². The quantitative estimate of drug-likeness (QED) is 0.784. The number of hydrogen-bond acceptors (Lipinski definition) is 2. The molecule has 3 rings (SSSR count). The Morgan fingerprint density at radius 2 is 1.65 bits per heavy atom. The molecule has 1 aliphatic heterocycles. The Morgan fingerprint density at radius 1 is 1.00 bits per heavy atom. The molecule has 0 aromatic heterocycles. The van der Waals surface area contributed by atoms with Gasteiger partial charge in [-0.2, -0.15) is 0 Å². The summed E-state index contributed by atoms with van der Waals surface area (Å²) in [4.78, 5) is 2.59. The number of rotatable bonds is 6. The Kier molecular flexibility index (Phi) is 5.90. The summed E-state index contributed by atoms with van der Waals surface area (Å²) in [6.07, 6.45) is 2.29. The van der Waals surface area contributed by atoms with Crippen molar-refractivity contribution < 1.29 is 5.11 Å². The van der Waals surface area contributed by atoms with Crippen molar-refractivity contribution in [2.45, 2.75) is 37.2 Å². The van der Waals surface area contributed by atoms with Gasteiger partial charge in [-0.3, -0.25) is 0 Å². The third-order valence-corrected chi connectivity index (χ3v) is 7.08. The molecule has 0 spiro atoms. The number of benzene rings is 2. The average molecular weight is 374 g/mol. The number of nitrogens with zero attached hydrogens (tertiary/aromatic N) is 1. The topological polar surface area (TPSA) is 23.5 Å². The summed E-state index contributed by atoms with van der Waals surface area (Å²) in [6.45, 7) is 4.76. The molecule has 0 radical (unpaired) electrons. The number of aliphatic hydroxyl groups excluding tert-OH is 1. The maximum absolute atomic E-state index is 10.4. The molecule has 0 aliphatic carbocycles. The molecule has 1 heterocycles. The fourth-order valence-electron chi connectivity index (χ4n) is 3.22. The van der Waals surface area contributed by atoms with Gasteiger partial charge >= 0.3 is 145 Å². The third-order valence-electron chi connectivity index (χ3n) is 4.64. The van der Waals surface area contributed by atoms with Gasteiger partial charge in [0.05, 0.1) is 0 Å². The molecule has 2 nitrogen and oxygen atoms in total. The van der Waals surface area contributed by atoms with E-state index in [1.54, 1.807) is 0 Å². The second-order valence-electron chi connectivity index (χ2n) is 6.19. The van der Waals surface area contributed by atoms with Crippen LogP contribution < -0.4 is 4.46 Å². The molecule has 2 aromatic rings. The Morgan fingerprint density at radius 3 is 2.39 bits per heavy atom. The van der Waals surface area contributed by atoms with Crippen molar-refractivity contribution in [2.75, 3.05) is 13.1 Å². The summed E-state index contributed by atoms with van der Waals surface area (Å²) in [5, 5.41) is 11.3. The number of likely N-dealkylation sites (tertiary alicyclic amines) is 1. The third kappa shape index (κ3) is 4.24. The monoisotopic (exact) mass is 375 g/mol. The fraction of sp³-hybridized carbons (Fsp3) is 0.400. The van der Waals surface area contributed by atoms with Crippen LogP contribution in [0.4, 0.5) is 0 Å². The molecule has 0 amide bonds. The summed E-state index contributed by atoms with van der Waals surface area (Å²) in [7, 11) is 0. The predicted octanol–water partition coefficient (Wildman–Crippen LogP) is 3.32. The van der Waals surface area contributed by atoms with E-state index in [1.165, 1.54) is 36.0 Å². The van der Waals surface area contributed by atoms with Crippen molar-refractivity contribution in [1.29, 1.82) is 0 Å². The minimum absolute atomic E-state index is 0.292. The molecule has 23 heavy (non-hydrogen) atoms. The van der Waals surface area contributed by atoms with Crippen LogP contribution >= 0.6 is 0 Å². The maximum atomic E-state index is 10.4. The van der Waals surface area contributed by atoms with Gasteiger partial charge < -0.3 is 0 Å². The molecule has 2 atom stereocenters. The van der Waals surface area contributed by atoms with Crippen molar-refractivity contribution in [3.8, 4) is 0 Å². The first kappa shape index (κ1) is 16.7. The zero-order chi connectivity index (χ0) is 16.1. The van der Waals surface area contributed by atoms with E-state index in [1.807, 2.05) is 30.3 Å². The Balaban J connectivity index is 1.68. The zero-order valence-corrected chi connectivity index (χ0v) is 15.4. The molecule has 1 N–H and O–H groups in total. The molecular weight excluding hydrogens is 349 g/mol. The number of hydrogen-bond donors (Lipinski definition) is 1. The molecule has 0 unspecified atom stereocenters. The van der Waals surface area contributed by atoms with Crippen LogP contribution in [0.2, 0.25) is 5.32 Å². The summed E-state index contributed by atoms with van der Waals surface area (Å²) in [6, 6.07) is 19.3. The van der Waals surface area contributed by atoms with Gasteiger partial charge in [0.15, 0.2) is 0 Å². The summed E-state index contributed by atoms with van der Waals surface area (Å²) in [5.74, 6) is 0. The Hall–Kier alpha value is -1.12. The van der Waals surface area contributed by atoms with E-state index in [0.29, 0.717) is 21.0 Å². The van der Waals surface area contributed by atoms with Crippen LogP contribution in [0.15, 0.2) is 54.6 Å². The van der Waals surface area contributed by atoms with Crippen molar-refractivity contribution in [3.63, 3.8) is 0 Å². The van der Waals surface area contributed by atoms with E-state index in [2.05, 4.69) is 36.1 Å². The van der Waals surface area contributed by atoms with E-state index in [4.69, 9.17) is 0 Å². The molecule has 0 saturated carbocycles. The van der Waals surface area contributed by atoms with Crippen LogP contribution in [0.5, 0.6) is 0 Å². The molecule has 1 aliphatic rings. The van der Waals surface area contributed by atoms with Gasteiger partial charge in [-0.25, -0.2) is 0 Å². The standard InChI is InChI=1S/C20H25NOSe/c1-16(21-13-7-8-14-21)18-11-5-6-12-20(18)23-15-19(22)17-9-3-2-4-10-17/h2-6,9-12,16,19,22H,7-8,13-15H2,1H3/t16-,19-/m0/s1. The van der Waals surface area contributed by atoms with Crippen molar-refractivity contribution >= 4 is 19.4 Å². The molecule has 1 fully saturated rings. The summed E-state index contributed by atoms with van der Waals surface area (Å²) < 4.78 is 1.44. The van der Waals surface area contributed by atoms with Crippen LogP contribution in [0.3, 0.4) is 0 Å². The van der Waals surface area contributed by atoms with Crippen LogP contribution in [0.25, 0.3) is 0 Å². The second kappa shape index (κ2) is 8.12.